The molecule has 8 heteroatoms. The Balaban J connectivity index is 1.85. The molecule has 0 aliphatic carbocycles. The monoisotopic (exact) mass is 401 g/mol. The normalized spacial score (nSPS) is 11.0. The van der Waals surface area contributed by atoms with Crippen LogP contribution in [0.1, 0.15) is 45.6 Å². The molecule has 3 aromatic heterocycles. The van der Waals surface area contributed by atoms with E-state index in [2.05, 4.69) is 21.5 Å². The van der Waals surface area contributed by atoms with Gasteiger partial charge in [-0.05, 0) is 46.2 Å². The SMILES string of the molecule is CCOC(=O)CCCNC(=O)c1cc(-c2cc(C)sc2C)nc2onc(C)c12. The first-order valence-corrected chi connectivity index (χ1v) is 10.0. The van der Waals surface area contributed by atoms with Crippen molar-refractivity contribution in [2.24, 2.45) is 0 Å². The van der Waals surface area contributed by atoms with Crippen LogP contribution in [0, 0.1) is 20.8 Å². The first kappa shape index (κ1) is 20.0. The quantitative estimate of drug-likeness (QED) is 0.476. The zero-order valence-corrected chi connectivity index (χ0v) is 17.2. The largest absolute Gasteiger partial charge is 0.466 e. The van der Waals surface area contributed by atoms with Gasteiger partial charge in [0, 0.05) is 28.3 Å². The van der Waals surface area contributed by atoms with Crippen molar-refractivity contribution in [3.8, 4) is 11.3 Å². The summed E-state index contributed by atoms with van der Waals surface area (Å²) >= 11 is 1.68. The van der Waals surface area contributed by atoms with Crippen molar-refractivity contribution in [2.75, 3.05) is 13.2 Å². The second-order valence-corrected chi connectivity index (χ2v) is 7.96. The summed E-state index contributed by atoms with van der Waals surface area (Å²) in [4.78, 5) is 31.1. The number of hydrogen-bond donors (Lipinski definition) is 1. The third-order valence-electron chi connectivity index (χ3n) is 4.33. The number of fused-ring (bicyclic) bond motifs is 1. The molecule has 1 N–H and O–H groups in total. The zero-order valence-electron chi connectivity index (χ0n) is 16.4. The standard InChI is InChI=1S/C20H23N3O4S/c1-5-26-17(24)7-6-8-21-19(25)15-10-16(14-9-11(2)28-13(14)4)22-20-18(15)12(3)23-27-20/h9-10H,5-8H2,1-4H3,(H,21,25). The summed E-state index contributed by atoms with van der Waals surface area (Å²) in [6, 6.07) is 3.83. The van der Waals surface area contributed by atoms with E-state index in [1.165, 1.54) is 4.88 Å². The third kappa shape index (κ3) is 4.22. The van der Waals surface area contributed by atoms with E-state index >= 15 is 0 Å². The summed E-state index contributed by atoms with van der Waals surface area (Å²) in [5.41, 5.74) is 3.09. The summed E-state index contributed by atoms with van der Waals surface area (Å²) in [5.74, 6) is -0.503. The van der Waals surface area contributed by atoms with Crippen LogP contribution in [-0.2, 0) is 9.53 Å². The number of amides is 1. The zero-order chi connectivity index (χ0) is 20.3. The van der Waals surface area contributed by atoms with Gasteiger partial charge in [-0.2, -0.15) is 0 Å². The maximum atomic E-state index is 12.8. The van der Waals surface area contributed by atoms with Gasteiger partial charge in [0.25, 0.3) is 11.6 Å². The fourth-order valence-electron chi connectivity index (χ4n) is 3.06. The van der Waals surface area contributed by atoms with Gasteiger partial charge in [0.2, 0.25) is 0 Å². The molecule has 0 atom stereocenters. The van der Waals surface area contributed by atoms with Gasteiger partial charge in [-0.1, -0.05) is 5.16 Å². The van der Waals surface area contributed by atoms with Crippen molar-refractivity contribution in [3.05, 3.63) is 33.1 Å². The smallest absolute Gasteiger partial charge is 0.305 e. The van der Waals surface area contributed by atoms with Crippen molar-refractivity contribution in [3.63, 3.8) is 0 Å². The molecule has 0 aromatic carbocycles. The average molecular weight is 401 g/mol. The third-order valence-corrected chi connectivity index (χ3v) is 5.29. The highest BCUT2D eigenvalue weighted by Crippen LogP contribution is 2.32. The number of nitrogens with one attached hydrogen (secondary N) is 1. The van der Waals surface area contributed by atoms with E-state index in [1.54, 1.807) is 31.3 Å². The number of esters is 1. The Labute approximate surface area is 167 Å². The Hall–Kier alpha value is -2.74. The van der Waals surface area contributed by atoms with Crippen LogP contribution in [0.5, 0.6) is 0 Å². The number of nitrogens with zero attached hydrogens (tertiary/aromatic N) is 2. The van der Waals surface area contributed by atoms with E-state index in [0.29, 0.717) is 47.6 Å². The summed E-state index contributed by atoms with van der Waals surface area (Å²) in [5, 5.41) is 7.44. The lowest BCUT2D eigenvalue weighted by molar-refractivity contribution is -0.143. The summed E-state index contributed by atoms with van der Waals surface area (Å²) < 4.78 is 10.2. The molecule has 7 nitrogen and oxygen atoms in total. The Morgan fingerprint density at radius 2 is 2.04 bits per heavy atom. The molecule has 28 heavy (non-hydrogen) atoms. The predicted octanol–water partition coefficient (Wildman–Crippen LogP) is 3.95. The van der Waals surface area contributed by atoms with Crippen LogP contribution in [0.15, 0.2) is 16.7 Å². The summed E-state index contributed by atoms with van der Waals surface area (Å²) in [6.07, 6.45) is 0.780. The lowest BCUT2D eigenvalue weighted by Crippen LogP contribution is -2.25. The second-order valence-electron chi connectivity index (χ2n) is 6.49. The van der Waals surface area contributed by atoms with E-state index in [4.69, 9.17) is 9.26 Å². The number of aryl methyl sites for hydroxylation is 3. The first-order chi connectivity index (χ1) is 13.4. The number of thiophene rings is 1. The van der Waals surface area contributed by atoms with Gasteiger partial charge in [-0.15, -0.1) is 11.3 Å². The van der Waals surface area contributed by atoms with Gasteiger partial charge >= 0.3 is 5.97 Å². The molecule has 3 aromatic rings. The average Bonchev–Trinajstić information content (AvgIpc) is 3.19. The van der Waals surface area contributed by atoms with Crippen molar-refractivity contribution in [2.45, 2.75) is 40.5 Å². The molecule has 0 aliphatic heterocycles. The van der Waals surface area contributed by atoms with Gasteiger partial charge in [0.15, 0.2) is 0 Å². The molecule has 0 fully saturated rings. The molecular weight excluding hydrogens is 378 g/mol. The van der Waals surface area contributed by atoms with Crippen LogP contribution >= 0.6 is 11.3 Å². The second kappa shape index (κ2) is 8.52. The van der Waals surface area contributed by atoms with Crippen LogP contribution in [0.2, 0.25) is 0 Å². The fourth-order valence-corrected chi connectivity index (χ4v) is 3.99. The number of hydrogen-bond acceptors (Lipinski definition) is 7. The molecule has 3 heterocycles. The fraction of sp³-hybridized carbons (Fsp3) is 0.400. The Morgan fingerprint density at radius 1 is 1.25 bits per heavy atom. The molecule has 0 bridgehead atoms. The summed E-state index contributed by atoms with van der Waals surface area (Å²) in [7, 11) is 0. The number of aromatic nitrogens is 2. The van der Waals surface area contributed by atoms with E-state index in [9.17, 15) is 9.59 Å². The minimum absolute atomic E-state index is 0.242. The molecule has 148 valence electrons. The van der Waals surface area contributed by atoms with E-state index in [0.717, 1.165) is 10.4 Å². The number of pyridine rings is 1. The topological polar surface area (TPSA) is 94.3 Å². The minimum atomic E-state index is -0.261. The highest BCUT2D eigenvalue weighted by atomic mass is 32.1. The molecule has 1 amide bonds. The number of carbonyl (C=O) groups is 2. The van der Waals surface area contributed by atoms with Crippen LogP contribution in [0.4, 0.5) is 0 Å². The van der Waals surface area contributed by atoms with E-state index in [1.807, 2.05) is 13.8 Å². The van der Waals surface area contributed by atoms with Crippen molar-refractivity contribution in [1.82, 2.24) is 15.5 Å². The molecule has 0 radical (unpaired) electrons. The van der Waals surface area contributed by atoms with Gasteiger partial charge in [0.05, 0.1) is 28.9 Å². The van der Waals surface area contributed by atoms with Crippen LogP contribution in [-0.4, -0.2) is 35.2 Å². The van der Waals surface area contributed by atoms with Crippen molar-refractivity contribution >= 4 is 34.3 Å². The number of carbonyl (C=O) groups excluding carboxylic acids is 2. The number of ether oxygens (including phenoxy) is 1. The van der Waals surface area contributed by atoms with Crippen LogP contribution < -0.4 is 5.32 Å². The predicted molar refractivity (Wildman–Crippen MR) is 108 cm³/mol. The molecule has 0 saturated carbocycles. The Morgan fingerprint density at radius 3 is 2.71 bits per heavy atom. The highest BCUT2D eigenvalue weighted by Gasteiger charge is 2.20. The van der Waals surface area contributed by atoms with Crippen LogP contribution in [0.3, 0.4) is 0 Å². The maximum Gasteiger partial charge on any atom is 0.305 e. The maximum absolute atomic E-state index is 12.8. The van der Waals surface area contributed by atoms with Crippen molar-refractivity contribution < 1.29 is 18.8 Å². The van der Waals surface area contributed by atoms with E-state index in [-0.39, 0.29) is 18.3 Å². The molecule has 0 saturated heterocycles. The number of rotatable bonds is 7. The molecule has 3 rings (SSSR count). The molecule has 0 aliphatic rings. The first-order valence-electron chi connectivity index (χ1n) is 9.19. The molecule has 0 unspecified atom stereocenters. The van der Waals surface area contributed by atoms with E-state index < -0.39 is 0 Å². The molecular formula is C20H23N3O4S. The molecule has 0 spiro atoms. The lowest BCUT2D eigenvalue weighted by atomic mass is 10.1. The van der Waals surface area contributed by atoms with Gasteiger partial charge < -0.3 is 14.6 Å². The van der Waals surface area contributed by atoms with Gasteiger partial charge in [0.1, 0.15) is 0 Å². The minimum Gasteiger partial charge on any atom is -0.466 e. The Bertz CT molecular complexity index is 1020. The van der Waals surface area contributed by atoms with Gasteiger partial charge in [-0.3, -0.25) is 9.59 Å². The highest BCUT2D eigenvalue weighted by molar-refractivity contribution is 7.12. The lowest BCUT2D eigenvalue weighted by Gasteiger charge is -2.08. The van der Waals surface area contributed by atoms with Gasteiger partial charge in [-0.25, -0.2) is 4.98 Å². The Kier molecular flexibility index (Phi) is 6.08. The summed E-state index contributed by atoms with van der Waals surface area (Å²) in [6.45, 7) is 8.35. The van der Waals surface area contributed by atoms with Crippen LogP contribution in [0.25, 0.3) is 22.4 Å². The van der Waals surface area contributed by atoms with Crippen molar-refractivity contribution in [1.29, 1.82) is 0 Å².